The molecule has 21 heavy (non-hydrogen) atoms. The van der Waals surface area contributed by atoms with Gasteiger partial charge in [0.25, 0.3) is 5.56 Å². The fourth-order valence-electron chi connectivity index (χ4n) is 2.79. The maximum Gasteiger partial charge on any atom is 0.329 e. The molecule has 0 spiro atoms. The summed E-state index contributed by atoms with van der Waals surface area (Å²) >= 11 is 0. The maximum absolute atomic E-state index is 11.9. The lowest BCUT2D eigenvalue weighted by Crippen LogP contribution is -2.32. The normalized spacial score (nSPS) is 15.4. The number of nitrogens with zero attached hydrogens (tertiary/aromatic N) is 3. The lowest BCUT2D eigenvalue weighted by molar-refractivity contribution is 0.180. The van der Waals surface area contributed by atoms with Gasteiger partial charge in [-0.2, -0.15) is 0 Å². The average molecular weight is 296 g/mol. The van der Waals surface area contributed by atoms with Crippen LogP contribution in [0, 0.1) is 0 Å². The SMILES string of the molecule is CC(O)CCCCCN1CN(C)c2c1n(C)c(=O)[nH]c2=O. The Morgan fingerprint density at radius 1 is 1.24 bits per heavy atom. The smallest absolute Gasteiger partial charge is 0.329 e. The summed E-state index contributed by atoms with van der Waals surface area (Å²) in [5.41, 5.74) is -0.151. The van der Waals surface area contributed by atoms with E-state index in [1.807, 2.05) is 11.9 Å². The van der Waals surface area contributed by atoms with Crippen molar-refractivity contribution in [2.24, 2.45) is 7.05 Å². The highest BCUT2D eigenvalue weighted by Crippen LogP contribution is 2.29. The van der Waals surface area contributed by atoms with E-state index in [0.717, 1.165) is 32.2 Å². The number of H-pyrrole nitrogens is 1. The second-order valence-corrected chi connectivity index (χ2v) is 5.79. The number of aliphatic hydroxyl groups excluding tert-OH is 1. The summed E-state index contributed by atoms with van der Waals surface area (Å²) in [6.07, 6.45) is 3.55. The van der Waals surface area contributed by atoms with E-state index < -0.39 is 0 Å². The van der Waals surface area contributed by atoms with Crippen LogP contribution in [0.4, 0.5) is 11.5 Å². The molecule has 0 fully saturated rings. The number of aromatic nitrogens is 2. The number of aromatic amines is 1. The zero-order valence-corrected chi connectivity index (χ0v) is 12.9. The molecule has 1 unspecified atom stereocenters. The summed E-state index contributed by atoms with van der Waals surface area (Å²) < 4.78 is 1.50. The predicted molar refractivity (Wildman–Crippen MR) is 83.1 cm³/mol. The van der Waals surface area contributed by atoms with E-state index in [-0.39, 0.29) is 17.4 Å². The molecule has 0 saturated heterocycles. The Morgan fingerprint density at radius 3 is 2.62 bits per heavy atom. The molecule has 1 aromatic rings. The third-order valence-corrected chi connectivity index (χ3v) is 3.88. The molecular weight excluding hydrogens is 272 g/mol. The van der Waals surface area contributed by atoms with Crippen LogP contribution < -0.4 is 21.0 Å². The van der Waals surface area contributed by atoms with Crippen molar-refractivity contribution in [3.05, 3.63) is 20.8 Å². The van der Waals surface area contributed by atoms with Crippen molar-refractivity contribution in [3.63, 3.8) is 0 Å². The minimum absolute atomic E-state index is 0.247. The molecule has 0 bridgehead atoms. The fourth-order valence-corrected chi connectivity index (χ4v) is 2.79. The minimum Gasteiger partial charge on any atom is -0.393 e. The van der Waals surface area contributed by atoms with Gasteiger partial charge >= 0.3 is 5.69 Å². The molecule has 0 amide bonds. The first kappa shape index (κ1) is 15.6. The van der Waals surface area contributed by atoms with E-state index in [1.54, 1.807) is 14.0 Å². The van der Waals surface area contributed by atoms with Gasteiger partial charge in [-0.05, 0) is 19.8 Å². The molecule has 1 aromatic heterocycles. The molecular formula is C14H24N4O3. The van der Waals surface area contributed by atoms with Gasteiger partial charge in [0.1, 0.15) is 11.5 Å². The van der Waals surface area contributed by atoms with E-state index in [1.165, 1.54) is 4.57 Å². The number of hydrogen-bond acceptors (Lipinski definition) is 5. The zero-order chi connectivity index (χ0) is 15.6. The van der Waals surface area contributed by atoms with Crippen LogP contribution in [0.3, 0.4) is 0 Å². The van der Waals surface area contributed by atoms with E-state index in [0.29, 0.717) is 18.2 Å². The molecule has 0 saturated carbocycles. The molecule has 7 nitrogen and oxygen atoms in total. The van der Waals surface area contributed by atoms with Crippen molar-refractivity contribution < 1.29 is 5.11 Å². The first-order chi connectivity index (χ1) is 9.91. The van der Waals surface area contributed by atoms with Gasteiger partial charge in [-0.1, -0.05) is 12.8 Å². The van der Waals surface area contributed by atoms with E-state index >= 15 is 0 Å². The van der Waals surface area contributed by atoms with Gasteiger partial charge in [-0.3, -0.25) is 14.3 Å². The molecule has 0 aromatic carbocycles. The number of anilines is 2. The van der Waals surface area contributed by atoms with Crippen molar-refractivity contribution in [2.75, 3.05) is 30.1 Å². The van der Waals surface area contributed by atoms with Gasteiger partial charge in [0.2, 0.25) is 0 Å². The van der Waals surface area contributed by atoms with Crippen molar-refractivity contribution in [2.45, 2.75) is 38.7 Å². The summed E-state index contributed by atoms with van der Waals surface area (Å²) in [4.78, 5) is 29.9. The van der Waals surface area contributed by atoms with Crippen LogP contribution >= 0.6 is 0 Å². The molecule has 1 atom stereocenters. The van der Waals surface area contributed by atoms with Crippen LogP contribution in [0.5, 0.6) is 0 Å². The summed E-state index contributed by atoms with van der Waals surface area (Å²) in [7, 11) is 3.53. The van der Waals surface area contributed by atoms with Crippen LogP contribution in [0.2, 0.25) is 0 Å². The number of aliphatic hydroxyl groups is 1. The molecule has 2 heterocycles. The highest BCUT2D eigenvalue weighted by Gasteiger charge is 2.28. The van der Waals surface area contributed by atoms with Crippen molar-refractivity contribution in [1.29, 1.82) is 0 Å². The first-order valence-electron chi connectivity index (χ1n) is 7.39. The van der Waals surface area contributed by atoms with Gasteiger partial charge < -0.3 is 14.9 Å². The molecule has 7 heteroatoms. The number of fused-ring (bicyclic) bond motifs is 1. The van der Waals surface area contributed by atoms with Crippen LogP contribution in [0.1, 0.15) is 32.6 Å². The van der Waals surface area contributed by atoms with Crippen molar-refractivity contribution >= 4 is 11.5 Å². The van der Waals surface area contributed by atoms with Gasteiger partial charge in [0.15, 0.2) is 0 Å². The zero-order valence-electron chi connectivity index (χ0n) is 12.9. The largest absolute Gasteiger partial charge is 0.393 e. The highest BCUT2D eigenvalue weighted by atomic mass is 16.3. The second-order valence-electron chi connectivity index (χ2n) is 5.79. The topological polar surface area (TPSA) is 81.6 Å². The Bertz CT molecular complexity index is 605. The number of nitrogens with one attached hydrogen (secondary N) is 1. The van der Waals surface area contributed by atoms with Crippen LogP contribution in [-0.4, -0.2) is 41.0 Å². The quantitative estimate of drug-likeness (QED) is 0.734. The Labute approximate surface area is 123 Å². The van der Waals surface area contributed by atoms with Gasteiger partial charge in [-0.15, -0.1) is 0 Å². The maximum atomic E-state index is 11.9. The van der Waals surface area contributed by atoms with Crippen LogP contribution in [-0.2, 0) is 7.05 Å². The molecule has 2 N–H and O–H groups in total. The molecule has 2 rings (SSSR count). The van der Waals surface area contributed by atoms with E-state index in [2.05, 4.69) is 9.88 Å². The average Bonchev–Trinajstić information content (AvgIpc) is 2.73. The molecule has 0 radical (unpaired) electrons. The second kappa shape index (κ2) is 6.34. The lowest BCUT2D eigenvalue weighted by atomic mass is 10.1. The molecule has 118 valence electrons. The van der Waals surface area contributed by atoms with Crippen LogP contribution in [0.25, 0.3) is 0 Å². The fraction of sp³-hybridized carbons (Fsp3) is 0.714. The summed E-state index contributed by atoms with van der Waals surface area (Å²) in [5, 5.41) is 9.23. The molecule has 1 aliphatic heterocycles. The third-order valence-electron chi connectivity index (χ3n) is 3.88. The summed E-state index contributed by atoms with van der Waals surface area (Å²) in [6.45, 7) is 3.22. The minimum atomic E-state index is -0.381. The molecule has 0 aliphatic carbocycles. The third kappa shape index (κ3) is 3.29. The number of rotatable bonds is 6. The first-order valence-corrected chi connectivity index (χ1v) is 7.39. The van der Waals surface area contributed by atoms with Gasteiger partial charge in [0, 0.05) is 20.6 Å². The van der Waals surface area contributed by atoms with Crippen molar-refractivity contribution in [1.82, 2.24) is 9.55 Å². The van der Waals surface area contributed by atoms with E-state index in [9.17, 15) is 14.7 Å². The monoisotopic (exact) mass is 296 g/mol. The van der Waals surface area contributed by atoms with Crippen LogP contribution in [0.15, 0.2) is 9.59 Å². The Morgan fingerprint density at radius 2 is 1.95 bits per heavy atom. The number of hydrogen-bond donors (Lipinski definition) is 2. The molecule has 1 aliphatic rings. The Balaban J connectivity index is 2.06. The lowest BCUT2D eigenvalue weighted by Gasteiger charge is -2.20. The Kier molecular flexibility index (Phi) is 4.72. The predicted octanol–water partition coefficient (Wildman–Crippen LogP) is 0.229. The van der Waals surface area contributed by atoms with E-state index in [4.69, 9.17) is 0 Å². The van der Waals surface area contributed by atoms with Gasteiger partial charge in [-0.25, -0.2) is 4.79 Å². The standard InChI is InChI=1S/C14H24N4O3/c1-10(19)7-5-4-6-8-18-9-16(2)11-12(20)15-14(21)17(3)13(11)18/h10,19H,4-9H2,1-3H3,(H,15,20,21). The Hall–Kier alpha value is -1.76. The summed E-state index contributed by atoms with van der Waals surface area (Å²) in [5.74, 6) is 0.696. The van der Waals surface area contributed by atoms with Gasteiger partial charge in [0.05, 0.1) is 12.8 Å². The number of unbranched alkanes of at least 4 members (excludes halogenated alkanes) is 2. The highest BCUT2D eigenvalue weighted by molar-refractivity contribution is 5.71. The van der Waals surface area contributed by atoms with Crippen molar-refractivity contribution in [3.8, 4) is 0 Å². The summed E-state index contributed by atoms with van der Waals surface area (Å²) in [6, 6.07) is 0.